The van der Waals surface area contributed by atoms with Gasteiger partial charge in [-0.15, -0.1) is 0 Å². The smallest absolute Gasteiger partial charge is 0.227 e. The first kappa shape index (κ1) is 14.3. The summed E-state index contributed by atoms with van der Waals surface area (Å²) in [6, 6.07) is 13.5. The number of nitrogens with zero attached hydrogens (tertiary/aromatic N) is 1. The zero-order valence-electron chi connectivity index (χ0n) is 12.7. The lowest BCUT2D eigenvalue weighted by Gasteiger charge is -2.03. The van der Waals surface area contributed by atoms with E-state index < -0.39 is 0 Å². The molecular formula is C18H18N2O2. The van der Waals surface area contributed by atoms with E-state index in [0.29, 0.717) is 17.9 Å². The van der Waals surface area contributed by atoms with Crippen molar-refractivity contribution in [2.24, 2.45) is 0 Å². The molecule has 22 heavy (non-hydrogen) atoms. The summed E-state index contributed by atoms with van der Waals surface area (Å²) in [6.07, 6.45) is 1.34. The Labute approximate surface area is 129 Å². The van der Waals surface area contributed by atoms with Crippen LogP contribution in [-0.4, -0.2) is 10.9 Å². The molecule has 0 bridgehead atoms. The first-order valence-electron chi connectivity index (χ1n) is 7.44. The van der Waals surface area contributed by atoms with Gasteiger partial charge in [0.25, 0.3) is 0 Å². The molecule has 0 saturated carbocycles. The lowest BCUT2D eigenvalue weighted by atomic mass is 10.1. The van der Waals surface area contributed by atoms with E-state index >= 15 is 0 Å². The van der Waals surface area contributed by atoms with Crippen LogP contribution >= 0.6 is 0 Å². The van der Waals surface area contributed by atoms with Gasteiger partial charge in [-0.3, -0.25) is 4.79 Å². The van der Waals surface area contributed by atoms with Gasteiger partial charge < -0.3 is 9.73 Å². The molecule has 0 aliphatic carbocycles. The van der Waals surface area contributed by atoms with Crippen molar-refractivity contribution in [2.75, 3.05) is 5.32 Å². The summed E-state index contributed by atoms with van der Waals surface area (Å²) in [6.45, 7) is 4.01. The maximum Gasteiger partial charge on any atom is 0.227 e. The first-order chi connectivity index (χ1) is 10.7. The highest BCUT2D eigenvalue weighted by atomic mass is 16.3. The fourth-order valence-corrected chi connectivity index (χ4v) is 2.38. The van der Waals surface area contributed by atoms with Crippen LogP contribution in [-0.2, 0) is 4.79 Å². The molecule has 0 unspecified atom stereocenters. The van der Waals surface area contributed by atoms with Crippen LogP contribution in [0.2, 0.25) is 0 Å². The zero-order chi connectivity index (χ0) is 15.5. The second kappa shape index (κ2) is 6.02. The number of rotatable bonds is 4. The van der Waals surface area contributed by atoms with Crippen LogP contribution in [0.15, 0.2) is 46.9 Å². The Balaban J connectivity index is 1.94. The van der Waals surface area contributed by atoms with Crippen molar-refractivity contribution in [2.45, 2.75) is 26.7 Å². The Kier molecular flexibility index (Phi) is 3.92. The van der Waals surface area contributed by atoms with Crippen LogP contribution in [0.4, 0.5) is 5.69 Å². The fraction of sp³-hybridized carbons (Fsp3) is 0.222. The SMILES string of the molecule is CCCC(=O)Nc1ccc2nc(-c3ccccc3C)oc2c1. The normalized spacial score (nSPS) is 10.8. The number of nitrogens with one attached hydrogen (secondary N) is 1. The van der Waals surface area contributed by atoms with Crippen LogP contribution in [0.1, 0.15) is 25.3 Å². The lowest BCUT2D eigenvalue weighted by Crippen LogP contribution is -2.10. The minimum Gasteiger partial charge on any atom is -0.436 e. The van der Waals surface area contributed by atoms with Crippen molar-refractivity contribution in [3.63, 3.8) is 0 Å². The number of carbonyl (C=O) groups is 1. The standard InChI is InChI=1S/C18H18N2O2/c1-3-6-17(21)19-13-9-10-15-16(11-13)22-18(20-15)14-8-5-4-7-12(14)2/h4-5,7-11H,3,6H2,1-2H3,(H,19,21). The number of aryl methyl sites for hydroxylation is 1. The third kappa shape index (κ3) is 2.86. The van der Waals surface area contributed by atoms with Crippen LogP contribution in [0, 0.1) is 6.92 Å². The second-order valence-corrected chi connectivity index (χ2v) is 5.31. The number of amides is 1. The Morgan fingerprint density at radius 2 is 2.05 bits per heavy atom. The Hall–Kier alpha value is -2.62. The van der Waals surface area contributed by atoms with Crippen molar-refractivity contribution in [3.05, 3.63) is 48.0 Å². The molecule has 0 aliphatic heterocycles. The Morgan fingerprint density at radius 3 is 2.82 bits per heavy atom. The summed E-state index contributed by atoms with van der Waals surface area (Å²) in [4.78, 5) is 16.2. The first-order valence-corrected chi connectivity index (χ1v) is 7.44. The maximum absolute atomic E-state index is 11.7. The highest BCUT2D eigenvalue weighted by Gasteiger charge is 2.11. The van der Waals surface area contributed by atoms with Crippen LogP contribution in [0.5, 0.6) is 0 Å². The van der Waals surface area contributed by atoms with Gasteiger partial charge in [0.1, 0.15) is 5.52 Å². The minimum absolute atomic E-state index is 0.0143. The molecule has 4 heteroatoms. The van der Waals surface area contributed by atoms with Gasteiger partial charge in [0, 0.05) is 23.7 Å². The lowest BCUT2D eigenvalue weighted by molar-refractivity contribution is -0.116. The maximum atomic E-state index is 11.7. The highest BCUT2D eigenvalue weighted by molar-refractivity contribution is 5.92. The summed E-state index contributed by atoms with van der Waals surface area (Å²) in [5.74, 6) is 0.616. The van der Waals surface area contributed by atoms with Crippen molar-refractivity contribution in [1.29, 1.82) is 0 Å². The number of hydrogen-bond acceptors (Lipinski definition) is 3. The third-order valence-corrected chi connectivity index (χ3v) is 3.52. The molecule has 0 fully saturated rings. The number of oxazole rings is 1. The summed E-state index contributed by atoms with van der Waals surface area (Å²) in [5, 5.41) is 2.87. The summed E-state index contributed by atoms with van der Waals surface area (Å²) in [5.41, 5.74) is 4.29. The number of hydrogen-bond donors (Lipinski definition) is 1. The van der Waals surface area contributed by atoms with E-state index in [0.717, 1.165) is 28.8 Å². The number of benzene rings is 2. The Bertz CT molecular complexity index is 821. The summed E-state index contributed by atoms with van der Waals surface area (Å²) >= 11 is 0. The number of anilines is 1. The molecular weight excluding hydrogens is 276 g/mol. The molecule has 1 N–H and O–H groups in total. The highest BCUT2D eigenvalue weighted by Crippen LogP contribution is 2.28. The van der Waals surface area contributed by atoms with Crippen LogP contribution in [0.25, 0.3) is 22.6 Å². The molecule has 4 nitrogen and oxygen atoms in total. The quantitative estimate of drug-likeness (QED) is 0.768. The van der Waals surface area contributed by atoms with E-state index in [1.54, 1.807) is 0 Å². The average molecular weight is 294 g/mol. The van der Waals surface area contributed by atoms with Crippen molar-refractivity contribution < 1.29 is 9.21 Å². The van der Waals surface area contributed by atoms with E-state index in [-0.39, 0.29) is 5.91 Å². The van der Waals surface area contributed by atoms with Crippen molar-refractivity contribution in [3.8, 4) is 11.5 Å². The molecule has 0 saturated heterocycles. The third-order valence-electron chi connectivity index (χ3n) is 3.52. The monoisotopic (exact) mass is 294 g/mol. The molecule has 0 radical (unpaired) electrons. The summed E-state index contributed by atoms with van der Waals surface area (Å²) in [7, 11) is 0. The van der Waals surface area contributed by atoms with Gasteiger partial charge in [-0.25, -0.2) is 4.98 Å². The van der Waals surface area contributed by atoms with E-state index in [1.165, 1.54) is 0 Å². The fourth-order valence-electron chi connectivity index (χ4n) is 2.38. The largest absolute Gasteiger partial charge is 0.436 e. The Morgan fingerprint density at radius 1 is 1.23 bits per heavy atom. The van der Waals surface area contributed by atoms with E-state index in [4.69, 9.17) is 4.42 Å². The van der Waals surface area contributed by atoms with Crippen LogP contribution < -0.4 is 5.32 Å². The van der Waals surface area contributed by atoms with Gasteiger partial charge in [-0.1, -0.05) is 25.1 Å². The molecule has 112 valence electrons. The van der Waals surface area contributed by atoms with Gasteiger partial charge >= 0.3 is 0 Å². The molecule has 3 rings (SSSR count). The molecule has 0 atom stereocenters. The molecule has 3 aromatic rings. The molecule has 0 spiro atoms. The minimum atomic E-state index is 0.0143. The van der Waals surface area contributed by atoms with E-state index in [2.05, 4.69) is 10.3 Å². The van der Waals surface area contributed by atoms with Gasteiger partial charge in [-0.2, -0.15) is 0 Å². The summed E-state index contributed by atoms with van der Waals surface area (Å²) < 4.78 is 5.85. The van der Waals surface area contributed by atoms with Gasteiger partial charge in [-0.05, 0) is 37.1 Å². The number of aromatic nitrogens is 1. The van der Waals surface area contributed by atoms with Crippen molar-refractivity contribution >= 4 is 22.7 Å². The van der Waals surface area contributed by atoms with Crippen molar-refractivity contribution in [1.82, 2.24) is 4.98 Å². The van der Waals surface area contributed by atoms with Gasteiger partial charge in [0.05, 0.1) is 0 Å². The number of carbonyl (C=O) groups excluding carboxylic acids is 1. The molecule has 1 aromatic heterocycles. The predicted octanol–water partition coefficient (Wildman–Crippen LogP) is 4.54. The van der Waals surface area contributed by atoms with Crippen LogP contribution in [0.3, 0.4) is 0 Å². The average Bonchev–Trinajstić information content (AvgIpc) is 2.90. The molecule has 1 heterocycles. The van der Waals surface area contributed by atoms with Gasteiger partial charge in [0.2, 0.25) is 11.8 Å². The zero-order valence-corrected chi connectivity index (χ0v) is 12.7. The van der Waals surface area contributed by atoms with Gasteiger partial charge in [0.15, 0.2) is 5.58 Å². The molecule has 2 aromatic carbocycles. The number of fused-ring (bicyclic) bond motifs is 1. The molecule has 1 amide bonds. The molecule has 0 aliphatic rings. The predicted molar refractivity (Wildman–Crippen MR) is 87.7 cm³/mol. The van der Waals surface area contributed by atoms with E-state index in [9.17, 15) is 4.79 Å². The topological polar surface area (TPSA) is 55.1 Å². The van der Waals surface area contributed by atoms with E-state index in [1.807, 2.05) is 56.3 Å². The second-order valence-electron chi connectivity index (χ2n) is 5.31.